The van der Waals surface area contributed by atoms with Crippen molar-refractivity contribution in [3.05, 3.63) is 100.0 Å². The van der Waals surface area contributed by atoms with E-state index in [0.717, 1.165) is 40.6 Å². The summed E-state index contributed by atoms with van der Waals surface area (Å²) < 4.78 is 4.98. The second kappa shape index (κ2) is 11.5. The van der Waals surface area contributed by atoms with Crippen LogP contribution in [-0.2, 0) is 12.8 Å². The molecule has 156 valence electrons. The van der Waals surface area contributed by atoms with Gasteiger partial charge in [-0.05, 0) is 61.5 Å². The maximum atomic E-state index is 11.6. The van der Waals surface area contributed by atoms with Crippen molar-refractivity contribution in [1.82, 2.24) is 9.97 Å². The highest BCUT2D eigenvalue weighted by molar-refractivity contribution is 5.93. The van der Waals surface area contributed by atoms with Gasteiger partial charge in [-0.15, -0.1) is 0 Å². The number of aromatic nitrogens is 2. The van der Waals surface area contributed by atoms with Crippen molar-refractivity contribution < 1.29 is 9.21 Å². The average molecular weight is 405 g/mol. The summed E-state index contributed by atoms with van der Waals surface area (Å²) in [6, 6.07) is 15.4. The standard InChI is InChI=1S/C12H13NO.C7H7NO.C6H8O/c1-3-9-7-10-6-4-5-8(2)11(10)13-12(9)14;1-6(9)7-3-2-4-8-5-7;1-2-6-4-3-5-7-6/h4-7H,3H2,1-2H3,(H,13,14);2-5H,1H3;3-5H,2H2,1H3. The molecule has 5 heteroatoms. The molecule has 0 saturated carbocycles. The van der Waals surface area contributed by atoms with Crippen LogP contribution in [0.15, 0.2) is 76.4 Å². The van der Waals surface area contributed by atoms with Crippen molar-refractivity contribution in [1.29, 1.82) is 0 Å². The quantitative estimate of drug-likeness (QED) is 0.456. The van der Waals surface area contributed by atoms with E-state index in [2.05, 4.69) is 16.9 Å². The summed E-state index contributed by atoms with van der Waals surface area (Å²) in [5, 5.41) is 1.11. The number of aryl methyl sites for hydroxylation is 3. The van der Waals surface area contributed by atoms with E-state index in [9.17, 15) is 9.59 Å². The van der Waals surface area contributed by atoms with Crippen molar-refractivity contribution in [2.75, 3.05) is 0 Å². The highest BCUT2D eigenvalue weighted by atomic mass is 16.3. The fourth-order valence-electron chi connectivity index (χ4n) is 2.78. The Labute approximate surface area is 176 Å². The van der Waals surface area contributed by atoms with Crippen LogP contribution in [0.5, 0.6) is 0 Å². The predicted molar refractivity (Wildman–Crippen MR) is 121 cm³/mol. The number of benzene rings is 1. The van der Waals surface area contributed by atoms with Crippen LogP contribution >= 0.6 is 0 Å². The zero-order valence-corrected chi connectivity index (χ0v) is 17.9. The van der Waals surface area contributed by atoms with Gasteiger partial charge < -0.3 is 9.40 Å². The van der Waals surface area contributed by atoms with E-state index in [1.165, 1.54) is 6.92 Å². The smallest absolute Gasteiger partial charge is 0.251 e. The number of ketones is 1. The molecule has 3 aromatic heterocycles. The van der Waals surface area contributed by atoms with Crippen molar-refractivity contribution >= 4 is 16.7 Å². The van der Waals surface area contributed by atoms with Crippen LogP contribution in [0.2, 0.25) is 0 Å². The largest absolute Gasteiger partial charge is 0.469 e. The second-order valence-electron chi connectivity index (χ2n) is 6.75. The number of hydrogen-bond donors (Lipinski definition) is 1. The molecule has 0 bridgehead atoms. The van der Waals surface area contributed by atoms with Crippen LogP contribution in [-0.4, -0.2) is 15.8 Å². The molecule has 0 saturated heterocycles. The molecule has 5 nitrogen and oxygen atoms in total. The Kier molecular flexibility index (Phi) is 8.75. The minimum Gasteiger partial charge on any atom is -0.469 e. The zero-order chi connectivity index (χ0) is 21.9. The molecule has 0 amide bonds. The molecular weight excluding hydrogens is 376 g/mol. The molecular formula is C25H28N2O3. The van der Waals surface area contributed by atoms with Gasteiger partial charge in [-0.1, -0.05) is 32.0 Å². The van der Waals surface area contributed by atoms with Gasteiger partial charge in [0.25, 0.3) is 5.56 Å². The zero-order valence-electron chi connectivity index (χ0n) is 17.9. The summed E-state index contributed by atoms with van der Waals surface area (Å²) in [7, 11) is 0. The molecule has 4 aromatic rings. The molecule has 0 radical (unpaired) electrons. The first-order chi connectivity index (χ1) is 14.5. The van der Waals surface area contributed by atoms with Gasteiger partial charge >= 0.3 is 0 Å². The first kappa shape index (κ1) is 22.8. The number of Topliss-reactive ketones (excluding diaryl/α,β-unsaturated/α-hetero) is 1. The Morgan fingerprint density at radius 1 is 1.07 bits per heavy atom. The Hall–Kier alpha value is -3.47. The van der Waals surface area contributed by atoms with Gasteiger partial charge in [-0.2, -0.15) is 0 Å². The van der Waals surface area contributed by atoms with Crippen LogP contribution in [0, 0.1) is 6.92 Å². The van der Waals surface area contributed by atoms with Gasteiger partial charge in [0.2, 0.25) is 0 Å². The van der Waals surface area contributed by atoms with Crippen molar-refractivity contribution in [2.24, 2.45) is 0 Å². The number of nitrogens with zero attached hydrogens (tertiary/aromatic N) is 1. The molecule has 0 unspecified atom stereocenters. The van der Waals surface area contributed by atoms with Crippen LogP contribution < -0.4 is 5.56 Å². The lowest BCUT2D eigenvalue weighted by Gasteiger charge is -2.03. The van der Waals surface area contributed by atoms with E-state index in [0.29, 0.717) is 5.56 Å². The van der Waals surface area contributed by atoms with E-state index in [1.807, 2.05) is 50.2 Å². The number of rotatable bonds is 3. The normalized spacial score (nSPS) is 9.87. The molecule has 30 heavy (non-hydrogen) atoms. The minimum atomic E-state index is 0.0364. The molecule has 0 aliphatic rings. The number of fused-ring (bicyclic) bond motifs is 1. The maximum absolute atomic E-state index is 11.6. The summed E-state index contributed by atoms with van der Waals surface area (Å²) in [5.74, 6) is 1.11. The predicted octanol–water partition coefficient (Wildman–Crippen LogP) is 5.53. The highest BCUT2D eigenvalue weighted by Gasteiger charge is 2.01. The van der Waals surface area contributed by atoms with Gasteiger partial charge in [0, 0.05) is 29.9 Å². The molecule has 0 spiro atoms. The monoisotopic (exact) mass is 404 g/mol. The molecule has 4 rings (SSSR count). The number of H-pyrrole nitrogens is 1. The Morgan fingerprint density at radius 3 is 2.37 bits per heavy atom. The van der Waals surface area contributed by atoms with Crippen LogP contribution in [0.25, 0.3) is 10.9 Å². The summed E-state index contributed by atoms with van der Waals surface area (Å²) in [5.41, 5.74) is 3.62. The molecule has 3 heterocycles. The topological polar surface area (TPSA) is 76.0 Å². The summed E-state index contributed by atoms with van der Waals surface area (Å²) in [4.78, 5) is 28.9. The number of carbonyl (C=O) groups is 1. The van der Waals surface area contributed by atoms with Gasteiger partial charge in [0.05, 0.1) is 11.8 Å². The van der Waals surface area contributed by atoms with Gasteiger partial charge in [-0.3, -0.25) is 14.6 Å². The van der Waals surface area contributed by atoms with E-state index >= 15 is 0 Å². The van der Waals surface area contributed by atoms with Crippen molar-refractivity contribution in [3.8, 4) is 0 Å². The Balaban J connectivity index is 0.000000173. The number of para-hydroxylation sites is 1. The van der Waals surface area contributed by atoms with E-state index < -0.39 is 0 Å². The van der Waals surface area contributed by atoms with Crippen LogP contribution in [0.1, 0.15) is 48.0 Å². The van der Waals surface area contributed by atoms with Crippen LogP contribution in [0.4, 0.5) is 0 Å². The second-order valence-corrected chi connectivity index (χ2v) is 6.75. The summed E-state index contributed by atoms with van der Waals surface area (Å²) in [6.45, 7) is 7.59. The SMILES string of the molecule is CC(=O)c1cccnc1.CCc1cc2cccc(C)c2[nH]c1=O.CCc1ccco1. The average Bonchev–Trinajstić information content (AvgIpc) is 3.30. The lowest BCUT2D eigenvalue weighted by atomic mass is 10.1. The lowest BCUT2D eigenvalue weighted by Crippen LogP contribution is -2.11. The Bertz CT molecular complexity index is 1110. The van der Waals surface area contributed by atoms with Crippen LogP contribution in [0.3, 0.4) is 0 Å². The van der Waals surface area contributed by atoms with Gasteiger partial charge in [0.1, 0.15) is 5.76 Å². The molecule has 0 aliphatic heterocycles. The minimum absolute atomic E-state index is 0.0364. The highest BCUT2D eigenvalue weighted by Crippen LogP contribution is 2.14. The molecule has 0 aliphatic carbocycles. The van der Waals surface area contributed by atoms with Gasteiger partial charge in [0.15, 0.2) is 5.78 Å². The fourth-order valence-corrected chi connectivity index (χ4v) is 2.78. The number of pyridine rings is 2. The maximum Gasteiger partial charge on any atom is 0.251 e. The number of hydrogen-bond acceptors (Lipinski definition) is 4. The summed E-state index contributed by atoms with van der Waals surface area (Å²) in [6.07, 6.45) is 6.67. The molecule has 1 N–H and O–H groups in total. The molecule has 0 atom stereocenters. The van der Waals surface area contributed by atoms with Gasteiger partial charge in [-0.25, -0.2) is 0 Å². The fraction of sp³-hybridized carbons (Fsp3) is 0.240. The first-order valence-corrected chi connectivity index (χ1v) is 10.0. The number of carbonyl (C=O) groups excluding carboxylic acids is 1. The lowest BCUT2D eigenvalue weighted by molar-refractivity contribution is 0.101. The van der Waals surface area contributed by atoms with E-state index in [4.69, 9.17) is 4.42 Å². The number of nitrogens with one attached hydrogen (secondary N) is 1. The first-order valence-electron chi connectivity index (χ1n) is 10.0. The number of aromatic amines is 1. The third-order valence-corrected chi connectivity index (χ3v) is 4.54. The third kappa shape index (κ3) is 6.55. The summed E-state index contributed by atoms with van der Waals surface area (Å²) >= 11 is 0. The number of furan rings is 1. The van der Waals surface area contributed by atoms with E-state index in [-0.39, 0.29) is 11.3 Å². The molecule has 0 fully saturated rings. The van der Waals surface area contributed by atoms with E-state index in [1.54, 1.807) is 30.8 Å². The van der Waals surface area contributed by atoms with Crippen molar-refractivity contribution in [3.63, 3.8) is 0 Å². The molecule has 1 aromatic carbocycles. The van der Waals surface area contributed by atoms with Crippen molar-refractivity contribution in [2.45, 2.75) is 40.5 Å². The Morgan fingerprint density at radius 2 is 1.87 bits per heavy atom. The third-order valence-electron chi connectivity index (χ3n) is 4.54.